The third-order valence-electron chi connectivity index (χ3n) is 4.83. The molecular formula is C16H33IN4O. The molecule has 1 aliphatic carbocycles. The van der Waals surface area contributed by atoms with Crippen molar-refractivity contribution in [2.45, 2.75) is 38.1 Å². The van der Waals surface area contributed by atoms with E-state index >= 15 is 0 Å². The first-order chi connectivity index (χ1) is 10.2. The molecule has 1 saturated carbocycles. The molecule has 2 fully saturated rings. The van der Waals surface area contributed by atoms with Crippen molar-refractivity contribution < 1.29 is 4.74 Å². The summed E-state index contributed by atoms with van der Waals surface area (Å²) in [5.41, 5.74) is 0. The molecule has 0 amide bonds. The van der Waals surface area contributed by atoms with Crippen LogP contribution in [0.5, 0.6) is 0 Å². The van der Waals surface area contributed by atoms with Gasteiger partial charge in [0, 0.05) is 52.3 Å². The van der Waals surface area contributed by atoms with Gasteiger partial charge in [0.25, 0.3) is 0 Å². The average Bonchev–Trinajstić information content (AvgIpc) is 3.15. The van der Waals surface area contributed by atoms with Crippen LogP contribution >= 0.6 is 24.0 Å². The highest BCUT2D eigenvalue weighted by atomic mass is 127. The second-order valence-corrected chi connectivity index (χ2v) is 6.50. The number of guanidine groups is 1. The second kappa shape index (κ2) is 10.6. The summed E-state index contributed by atoms with van der Waals surface area (Å²) in [4.78, 5) is 9.13. The van der Waals surface area contributed by atoms with Crippen LogP contribution in [0, 0.1) is 5.92 Å². The quantitative estimate of drug-likeness (QED) is 0.403. The SMILES string of the molecule is CN=C(NCCN(C)C1CCCC1)N(C)CC1CCOC1.I. The van der Waals surface area contributed by atoms with Crippen LogP contribution in [0.2, 0.25) is 0 Å². The standard InChI is InChI=1S/C16H32N4O.HI/c1-17-16(20(3)12-14-8-11-21-13-14)18-9-10-19(2)15-6-4-5-7-15;/h14-15H,4-13H2,1-3H3,(H,17,18);1H. The number of hydrogen-bond acceptors (Lipinski definition) is 3. The van der Waals surface area contributed by atoms with Crippen LogP contribution in [0.1, 0.15) is 32.1 Å². The first-order valence-electron chi connectivity index (χ1n) is 8.40. The molecule has 1 unspecified atom stereocenters. The molecule has 0 bridgehead atoms. The number of aliphatic imine (C=N–C) groups is 1. The topological polar surface area (TPSA) is 40.1 Å². The molecule has 6 heteroatoms. The number of hydrogen-bond donors (Lipinski definition) is 1. The predicted octanol–water partition coefficient (Wildman–Crippen LogP) is 2.02. The van der Waals surface area contributed by atoms with Crippen LogP contribution in [0.15, 0.2) is 4.99 Å². The first kappa shape index (κ1) is 20.0. The van der Waals surface area contributed by atoms with E-state index in [0.717, 1.165) is 44.8 Å². The Kier molecular flexibility index (Phi) is 9.66. The predicted molar refractivity (Wildman–Crippen MR) is 103 cm³/mol. The third kappa shape index (κ3) is 6.20. The minimum Gasteiger partial charge on any atom is -0.381 e. The number of ether oxygens (including phenoxy) is 1. The van der Waals surface area contributed by atoms with E-state index in [2.05, 4.69) is 34.2 Å². The zero-order chi connectivity index (χ0) is 15.1. The number of nitrogens with one attached hydrogen (secondary N) is 1. The van der Waals surface area contributed by atoms with Gasteiger partial charge in [0.15, 0.2) is 5.96 Å². The van der Waals surface area contributed by atoms with Gasteiger partial charge in [0.05, 0.1) is 6.61 Å². The van der Waals surface area contributed by atoms with Gasteiger partial charge < -0.3 is 19.9 Å². The van der Waals surface area contributed by atoms with E-state index in [1.165, 1.54) is 32.1 Å². The van der Waals surface area contributed by atoms with Crippen LogP contribution in [0.4, 0.5) is 0 Å². The molecule has 0 radical (unpaired) electrons. The Balaban J connectivity index is 0.00000242. The Morgan fingerprint density at radius 1 is 1.23 bits per heavy atom. The summed E-state index contributed by atoms with van der Waals surface area (Å²) in [7, 11) is 6.24. The van der Waals surface area contributed by atoms with Crippen molar-refractivity contribution >= 4 is 29.9 Å². The Bertz CT molecular complexity index is 328. The summed E-state index contributed by atoms with van der Waals surface area (Å²) in [5, 5.41) is 3.49. The van der Waals surface area contributed by atoms with Crippen molar-refractivity contribution in [1.82, 2.24) is 15.1 Å². The van der Waals surface area contributed by atoms with Gasteiger partial charge in [-0.15, -0.1) is 24.0 Å². The molecule has 0 aromatic rings. The summed E-state index contributed by atoms with van der Waals surface area (Å²) >= 11 is 0. The van der Waals surface area contributed by atoms with Gasteiger partial charge in [-0.1, -0.05) is 12.8 Å². The van der Waals surface area contributed by atoms with Crippen LogP contribution in [0.25, 0.3) is 0 Å². The van der Waals surface area contributed by atoms with Gasteiger partial charge in [-0.3, -0.25) is 4.99 Å². The van der Waals surface area contributed by atoms with Crippen molar-refractivity contribution in [3.8, 4) is 0 Å². The maximum absolute atomic E-state index is 5.45. The van der Waals surface area contributed by atoms with E-state index in [1.54, 1.807) is 0 Å². The molecule has 2 rings (SSSR count). The lowest BCUT2D eigenvalue weighted by molar-refractivity contribution is 0.181. The Morgan fingerprint density at radius 2 is 1.95 bits per heavy atom. The molecule has 0 aromatic heterocycles. The van der Waals surface area contributed by atoms with Crippen molar-refractivity contribution in [1.29, 1.82) is 0 Å². The molecule has 1 N–H and O–H groups in total. The fourth-order valence-electron chi connectivity index (χ4n) is 3.46. The number of rotatable bonds is 6. The molecule has 5 nitrogen and oxygen atoms in total. The Morgan fingerprint density at radius 3 is 2.55 bits per heavy atom. The monoisotopic (exact) mass is 424 g/mol. The molecule has 22 heavy (non-hydrogen) atoms. The van der Waals surface area contributed by atoms with E-state index < -0.39 is 0 Å². The third-order valence-corrected chi connectivity index (χ3v) is 4.83. The van der Waals surface area contributed by atoms with Crippen LogP contribution in [-0.2, 0) is 4.74 Å². The zero-order valence-corrected chi connectivity index (χ0v) is 16.7. The molecule has 1 atom stereocenters. The van der Waals surface area contributed by atoms with Crippen molar-refractivity contribution in [3.63, 3.8) is 0 Å². The lowest BCUT2D eigenvalue weighted by atomic mass is 10.1. The smallest absolute Gasteiger partial charge is 0.193 e. The van der Waals surface area contributed by atoms with Gasteiger partial charge >= 0.3 is 0 Å². The second-order valence-electron chi connectivity index (χ2n) is 6.50. The van der Waals surface area contributed by atoms with E-state index in [0.29, 0.717) is 5.92 Å². The molecule has 0 spiro atoms. The van der Waals surface area contributed by atoms with Crippen molar-refractivity contribution in [3.05, 3.63) is 0 Å². The maximum Gasteiger partial charge on any atom is 0.193 e. The van der Waals surface area contributed by atoms with Crippen LogP contribution in [-0.4, -0.2) is 75.8 Å². The summed E-state index contributed by atoms with van der Waals surface area (Å²) < 4.78 is 5.45. The maximum atomic E-state index is 5.45. The fraction of sp³-hybridized carbons (Fsp3) is 0.938. The largest absolute Gasteiger partial charge is 0.381 e. The minimum atomic E-state index is 0. The van der Waals surface area contributed by atoms with E-state index in [4.69, 9.17) is 4.74 Å². The number of likely N-dealkylation sites (N-methyl/N-ethyl adjacent to an activating group) is 1. The average molecular weight is 424 g/mol. The fourth-order valence-corrected chi connectivity index (χ4v) is 3.46. The normalized spacial score (nSPS) is 22.9. The Hall–Kier alpha value is -0.0800. The number of nitrogens with zero attached hydrogens (tertiary/aromatic N) is 3. The molecular weight excluding hydrogens is 391 g/mol. The molecule has 1 aliphatic heterocycles. The summed E-state index contributed by atoms with van der Waals surface area (Å²) in [6.07, 6.45) is 6.71. The molecule has 130 valence electrons. The molecule has 1 saturated heterocycles. The highest BCUT2D eigenvalue weighted by molar-refractivity contribution is 14.0. The highest BCUT2D eigenvalue weighted by Crippen LogP contribution is 2.21. The van der Waals surface area contributed by atoms with Crippen LogP contribution < -0.4 is 5.32 Å². The lowest BCUT2D eigenvalue weighted by Crippen LogP contribution is -2.44. The minimum absolute atomic E-state index is 0. The summed E-state index contributed by atoms with van der Waals surface area (Å²) in [6.45, 7) is 4.88. The van der Waals surface area contributed by atoms with E-state index in [-0.39, 0.29) is 24.0 Å². The zero-order valence-electron chi connectivity index (χ0n) is 14.4. The molecule has 2 aliphatic rings. The van der Waals surface area contributed by atoms with Gasteiger partial charge in [0.1, 0.15) is 0 Å². The van der Waals surface area contributed by atoms with Crippen molar-refractivity contribution in [2.24, 2.45) is 10.9 Å². The van der Waals surface area contributed by atoms with E-state index in [9.17, 15) is 0 Å². The summed E-state index contributed by atoms with van der Waals surface area (Å²) in [6, 6.07) is 0.794. The van der Waals surface area contributed by atoms with Gasteiger partial charge in [0.2, 0.25) is 0 Å². The van der Waals surface area contributed by atoms with E-state index in [1.807, 2.05) is 7.05 Å². The lowest BCUT2D eigenvalue weighted by Gasteiger charge is -2.27. The first-order valence-corrected chi connectivity index (χ1v) is 8.40. The van der Waals surface area contributed by atoms with Gasteiger partial charge in [-0.25, -0.2) is 0 Å². The van der Waals surface area contributed by atoms with Crippen molar-refractivity contribution in [2.75, 3.05) is 54.0 Å². The number of halogens is 1. The Labute approximate surface area is 152 Å². The van der Waals surface area contributed by atoms with Crippen LogP contribution in [0.3, 0.4) is 0 Å². The summed E-state index contributed by atoms with van der Waals surface area (Å²) in [5.74, 6) is 1.65. The van der Waals surface area contributed by atoms with Gasteiger partial charge in [-0.2, -0.15) is 0 Å². The van der Waals surface area contributed by atoms with Gasteiger partial charge in [-0.05, 0) is 26.3 Å². The molecule has 1 heterocycles. The highest BCUT2D eigenvalue weighted by Gasteiger charge is 2.20. The molecule has 0 aromatic carbocycles.